The van der Waals surface area contributed by atoms with E-state index in [-0.39, 0.29) is 6.10 Å². The van der Waals surface area contributed by atoms with Gasteiger partial charge >= 0.3 is 0 Å². The molecule has 1 aliphatic heterocycles. The van der Waals surface area contributed by atoms with Crippen molar-refractivity contribution in [1.82, 2.24) is 24.5 Å². The summed E-state index contributed by atoms with van der Waals surface area (Å²) in [5.74, 6) is 0.482. The number of rotatable bonds is 6. The molecule has 0 bridgehead atoms. The van der Waals surface area contributed by atoms with E-state index in [0.29, 0.717) is 5.92 Å². The van der Waals surface area contributed by atoms with E-state index in [2.05, 4.69) is 58.2 Å². The van der Waals surface area contributed by atoms with E-state index in [1.165, 1.54) is 16.8 Å². The fraction of sp³-hybridized carbons (Fsp3) is 0.474. The zero-order chi connectivity index (χ0) is 17.2. The Balaban J connectivity index is 1.38. The van der Waals surface area contributed by atoms with Gasteiger partial charge in [0.25, 0.3) is 0 Å². The third-order valence-corrected chi connectivity index (χ3v) is 4.98. The van der Waals surface area contributed by atoms with Crippen molar-refractivity contribution in [2.24, 2.45) is 5.92 Å². The van der Waals surface area contributed by atoms with Crippen molar-refractivity contribution in [2.75, 3.05) is 13.2 Å². The summed E-state index contributed by atoms with van der Waals surface area (Å²) in [4.78, 5) is 4.49. The molecule has 1 saturated heterocycles. The second-order valence-electron chi connectivity index (χ2n) is 6.78. The molecule has 0 saturated carbocycles. The Morgan fingerprint density at radius 1 is 1.36 bits per heavy atom. The Bertz CT molecular complexity index is 852. The molecule has 0 unspecified atom stereocenters. The van der Waals surface area contributed by atoms with Gasteiger partial charge in [0, 0.05) is 50.1 Å². The molecule has 25 heavy (non-hydrogen) atoms. The van der Waals surface area contributed by atoms with Crippen LogP contribution in [0.3, 0.4) is 0 Å². The lowest BCUT2D eigenvalue weighted by atomic mass is 9.97. The largest absolute Gasteiger partial charge is 0.373 e. The molecule has 0 radical (unpaired) electrons. The number of imidazole rings is 1. The number of hydrogen-bond acceptors (Lipinski definition) is 4. The van der Waals surface area contributed by atoms with Gasteiger partial charge in [-0.1, -0.05) is 0 Å². The van der Waals surface area contributed by atoms with Crippen LogP contribution in [0.25, 0.3) is 5.65 Å². The highest BCUT2D eigenvalue weighted by molar-refractivity contribution is 5.42. The van der Waals surface area contributed by atoms with Gasteiger partial charge in [-0.3, -0.25) is 4.68 Å². The monoisotopic (exact) mass is 339 g/mol. The molecule has 1 aliphatic rings. The highest BCUT2D eigenvalue weighted by Crippen LogP contribution is 2.33. The van der Waals surface area contributed by atoms with Crippen LogP contribution < -0.4 is 5.32 Å². The Morgan fingerprint density at radius 2 is 2.28 bits per heavy atom. The summed E-state index contributed by atoms with van der Waals surface area (Å²) in [5, 5.41) is 7.97. The van der Waals surface area contributed by atoms with Crippen LogP contribution in [0.4, 0.5) is 0 Å². The van der Waals surface area contributed by atoms with Crippen molar-refractivity contribution in [1.29, 1.82) is 0 Å². The van der Waals surface area contributed by atoms with Gasteiger partial charge < -0.3 is 14.5 Å². The van der Waals surface area contributed by atoms with Crippen molar-refractivity contribution in [2.45, 2.75) is 39.5 Å². The summed E-state index contributed by atoms with van der Waals surface area (Å²) in [6.07, 6.45) is 9.33. The summed E-state index contributed by atoms with van der Waals surface area (Å²) in [6, 6.07) is 4.22. The first-order valence-electron chi connectivity index (χ1n) is 9.02. The molecule has 4 rings (SSSR count). The number of ether oxygens (including phenoxy) is 1. The fourth-order valence-corrected chi connectivity index (χ4v) is 3.56. The first-order chi connectivity index (χ1) is 12.2. The molecule has 2 atom stereocenters. The molecular weight excluding hydrogens is 314 g/mol. The second kappa shape index (κ2) is 6.98. The molecular formula is C19H25N5O. The highest BCUT2D eigenvalue weighted by atomic mass is 16.5. The third kappa shape index (κ3) is 3.32. The Morgan fingerprint density at radius 3 is 3.12 bits per heavy atom. The summed E-state index contributed by atoms with van der Waals surface area (Å²) in [5.41, 5.74) is 4.61. The van der Waals surface area contributed by atoms with Gasteiger partial charge in [-0.15, -0.1) is 0 Å². The standard InChI is InChI=1S/C19H25N5O/c1-3-23-13-16(10-22-23)19-15(5-7-25-19)9-20-11-17-12-21-18-8-14(2)4-6-24(17)18/h4,6,8,10,12-13,15,19-20H,3,5,7,9,11H2,1-2H3/t15-,19+/m1/s1. The second-order valence-corrected chi connectivity index (χ2v) is 6.78. The molecule has 3 aromatic rings. The topological polar surface area (TPSA) is 56.4 Å². The summed E-state index contributed by atoms with van der Waals surface area (Å²) in [6.45, 7) is 7.64. The predicted molar refractivity (Wildman–Crippen MR) is 96.3 cm³/mol. The Hall–Kier alpha value is -2.18. The molecule has 0 aromatic carbocycles. The quantitative estimate of drug-likeness (QED) is 0.750. The fourth-order valence-electron chi connectivity index (χ4n) is 3.56. The van der Waals surface area contributed by atoms with E-state index in [0.717, 1.165) is 38.3 Å². The van der Waals surface area contributed by atoms with Crippen LogP contribution in [0.5, 0.6) is 0 Å². The number of aromatic nitrogens is 4. The van der Waals surface area contributed by atoms with Crippen molar-refractivity contribution in [3.63, 3.8) is 0 Å². The van der Waals surface area contributed by atoms with Gasteiger partial charge in [-0.05, 0) is 38.0 Å². The van der Waals surface area contributed by atoms with Gasteiger partial charge in [-0.25, -0.2) is 4.98 Å². The molecule has 3 aromatic heterocycles. The average Bonchev–Trinajstić information content (AvgIpc) is 3.33. The summed E-state index contributed by atoms with van der Waals surface area (Å²) in [7, 11) is 0. The molecule has 6 nitrogen and oxygen atoms in total. The maximum atomic E-state index is 5.97. The number of hydrogen-bond donors (Lipinski definition) is 1. The zero-order valence-corrected chi connectivity index (χ0v) is 14.9. The first kappa shape index (κ1) is 16.3. The van der Waals surface area contributed by atoms with E-state index >= 15 is 0 Å². The van der Waals surface area contributed by atoms with Crippen LogP contribution in [-0.4, -0.2) is 32.3 Å². The minimum atomic E-state index is 0.151. The SMILES string of the molecule is CCn1cc([C@H]2OCC[C@@H]2CNCc2cnc3cc(C)ccn23)cn1. The van der Waals surface area contributed by atoms with Crippen LogP contribution in [0, 0.1) is 12.8 Å². The van der Waals surface area contributed by atoms with E-state index in [1.54, 1.807) is 0 Å². The van der Waals surface area contributed by atoms with Crippen LogP contribution in [-0.2, 0) is 17.8 Å². The number of pyridine rings is 1. The number of fused-ring (bicyclic) bond motifs is 1. The zero-order valence-electron chi connectivity index (χ0n) is 14.9. The Kier molecular flexibility index (Phi) is 4.55. The van der Waals surface area contributed by atoms with E-state index in [9.17, 15) is 0 Å². The van der Waals surface area contributed by atoms with Gasteiger partial charge in [0.05, 0.1) is 24.2 Å². The maximum Gasteiger partial charge on any atom is 0.137 e. The van der Waals surface area contributed by atoms with Crippen LogP contribution in [0.1, 0.15) is 36.3 Å². The van der Waals surface area contributed by atoms with Gasteiger partial charge in [0.1, 0.15) is 5.65 Å². The molecule has 4 heterocycles. The lowest BCUT2D eigenvalue weighted by Crippen LogP contribution is -2.25. The van der Waals surface area contributed by atoms with Crippen LogP contribution >= 0.6 is 0 Å². The van der Waals surface area contributed by atoms with E-state index in [4.69, 9.17) is 4.74 Å². The van der Waals surface area contributed by atoms with Crippen molar-refractivity contribution < 1.29 is 4.74 Å². The van der Waals surface area contributed by atoms with Crippen molar-refractivity contribution in [3.05, 3.63) is 53.7 Å². The van der Waals surface area contributed by atoms with E-state index in [1.807, 2.05) is 17.1 Å². The molecule has 6 heteroatoms. The molecule has 1 fully saturated rings. The van der Waals surface area contributed by atoms with E-state index < -0.39 is 0 Å². The van der Waals surface area contributed by atoms with Crippen LogP contribution in [0.2, 0.25) is 0 Å². The Labute approximate surface area is 147 Å². The summed E-state index contributed by atoms with van der Waals surface area (Å²) >= 11 is 0. The number of nitrogens with zero attached hydrogens (tertiary/aromatic N) is 4. The lowest BCUT2D eigenvalue weighted by Gasteiger charge is -2.17. The molecule has 0 amide bonds. The maximum absolute atomic E-state index is 5.97. The van der Waals surface area contributed by atoms with Gasteiger partial charge in [-0.2, -0.15) is 5.10 Å². The minimum Gasteiger partial charge on any atom is -0.373 e. The molecule has 0 aliphatic carbocycles. The average molecular weight is 339 g/mol. The first-order valence-corrected chi connectivity index (χ1v) is 9.02. The molecule has 132 valence electrons. The van der Waals surface area contributed by atoms with Crippen molar-refractivity contribution >= 4 is 5.65 Å². The minimum absolute atomic E-state index is 0.151. The van der Waals surface area contributed by atoms with Gasteiger partial charge in [0.2, 0.25) is 0 Å². The van der Waals surface area contributed by atoms with Gasteiger partial charge in [0.15, 0.2) is 0 Å². The number of aryl methyl sites for hydroxylation is 2. The summed E-state index contributed by atoms with van der Waals surface area (Å²) < 4.78 is 10.1. The lowest BCUT2D eigenvalue weighted by molar-refractivity contribution is 0.0903. The van der Waals surface area contributed by atoms with Crippen molar-refractivity contribution in [3.8, 4) is 0 Å². The highest BCUT2D eigenvalue weighted by Gasteiger charge is 2.30. The number of nitrogens with one attached hydrogen (secondary N) is 1. The predicted octanol–water partition coefficient (Wildman–Crippen LogP) is 2.73. The smallest absolute Gasteiger partial charge is 0.137 e. The van der Waals surface area contributed by atoms with Crippen LogP contribution in [0.15, 0.2) is 36.9 Å². The normalized spacial score (nSPS) is 20.6. The molecule has 0 spiro atoms. The third-order valence-electron chi connectivity index (χ3n) is 4.98. The molecule has 1 N–H and O–H groups in total.